The summed E-state index contributed by atoms with van der Waals surface area (Å²) in [6.07, 6.45) is 1.68. The molecule has 0 saturated heterocycles. The Balaban J connectivity index is 1.81. The summed E-state index contributed by atoms with van der Waals surface area (Å²) in [5.74, 6) is 1.46. The highest BCUT2D eigenvalue weighted by molar-refractivity contribution is 5.84. The molecule has 0 bridgehead atoms. The van der Waals surface area contributed by atoms with Crippen molar-refractivity contribution in [2.24, 2.45) is 0 Å². The van der Waals surface area contributed by atoms with Gasteiger partial charge in [-0.1, -0.05) is 18.2 Å². The third-order valence-electron chi connectivity index (χ3n) is 3.50. The minimum Gasteiger partial charge on any atom is -0.497 e. The fourth-order valence-electron chi connectivity index (χ4n) is 2.33. The Bertz CT molecular complexity index is 852. The van der Waals surface area contributed by atoms with Crippen LogP contribution in [0.25, 0.3) is 10.8 Å². The third-order valence-corrected chi connectivity index (χ3v) is 3.50. The van der Waals surface area contributed by atoms with E-state index >= 15 is 0 Å². The van der Waals surface area contributed by atoms with Crippen molar-refractivity contribution in [1.82, 2.24) is 4.98 Å². The Kier molecular flexibility index (Phi) is 3.88. The van der Waals surface area contributed by atoms with Gasteiger partial charge >= 0.3 is 0 Å². The number of nitrogens with zero attached hydrogens (tertiary/aromatic N) is 2. The molecule has 0 radical (unpaired) electrons. The maximum atomic E-state index is 9.06. The summed E-state index contributed by atoms with van der Waals surface area (Å²) >= 11 is 0. The van der Waals surface area contributed by atoms with Crippen LogP contribution in [-0.2, 0) is 6.54 Å². The molecule has 3 rings (SSSR count). The average Bonchev–Trinajstić information content (AvgIpc) is 2.59. The number of hydrogen-bond acceptors (Lipinski definition) is 4. The molecule has 0 amide bonds. The number of anilines is 1. The molecule has 4 nitrogen and oxygen atoms in total. The van der Waals surface area contributed by atoms with E-state index in [4.69, 9.17) is 10.00 Å². The second-order valence-electron chi connectivity index (χ2n) is 4.91. The van der Waals surface area contributed by atoms with Gasteiger partial charge in [0.25, 0.3) is 0 Å². The Morgan fingerprint density at radius 3 is 2.77 bits per heavy atom. The minimum atomic E-state index is 0.549. The zero-order valence-corrected chi connectivity index (χ0v) is 12.2. The summed E-state index contributed by atoms with van der Waals surface area (Å²) in [4.78, 5) is 4.20. The lowest BCUT2D eigenvalue weighted by molar-refractivity contribution is 0.415. The van der Waals surface area contributed by atoms with E-state index in [1.54, 1.807) is 25.4 Å². The molecule has 0 aliphatic carbocycles. The van der Waals surface area contributed by atoms with Crippen LogP contribution in [0.5, 0.6) is 5.75 Å². The van der Waals surface area contributed by atoms with Crippen LogP contribution in [-0.4, -0.2) is 12.1 Å². The van der Waals surface area contributed by atoms with Crippen molar-refractivity contribution in [2.45, 2.75) is 6.54 Å². The number of pyridine rings is 1. The second kappa shape index (κ2) is 6.15. The first-order chi connectivity index (χ1) is 10.8. The van der Waals surface area contributed by atoms with Gasteiger partial charge < -0.3 is 10.1 Å². The molecule has 0 fully saturated rings. The van der Waals surface area contributed by atoms with Gasteiger partial charge in [-0.3, -0.25) is 0 Å². The first-order valence-electron chi connectivity index (χ1n) is 6.96. The van der Waals surface area contributed by atoms with Gasteiger partial charge in [-0.25, -0.2) is 4.98 Å². The molecule has 0 saturated carbocycles. The van der Waals surface area contributed by atoms with E-state index in [0.717, 1.165) is 22.1 Å². The Morgan fingerprint density at radius 1 is 1.14 bits per heavy atom. The van der Waals surface area contributed by atoms with Gasteiger partial charge in [0.1, 0.15) is 17.6 Å². The van der Waals surface area contributed by atoms with E-state index in [9.17, 15) is 0 Å². The minimum absolute atomic E-state index is 0.549. The van der Waals surface area contributed by atoms with E-state index in [2.05, 4.69) is 34.6 Å². The standard InChI is InChI=1S/C18H15N3O/c1-22-17-7-6-14-9-13(4-5-15(14)10-17)12-21-18-16(11-19)3-2-8-20-18/h2-10H,12H2,1H3,(H,20,21). The molecule has 0 unspecified atom stereocenters. The monoisotopic (exact) mass is 289 g/mol. The number of methoxy groups -OCH3 is 1. The van der Waals surface area contributed by atoms with Crippen molar-refractivity contribution in [3.63, 3.8) is 0 Å². The summed E-state index contributed by atoms with van der Waals surface area (Å²) in [5.41, 5.74) is 1.68. The maximum Gasteiger partial charge on any atom is 0.144 e. The van der Waals surface area contributed by atoms with Gasteiger partial charge in [0, 0.05) is 12.7 Å². The lowest BCUT2D eigenvalue weighted by Crippen LogP contribution is -2.03. The lowest BCUT2D eigenvalue weighted by Gasteiger charge is -2.08. The second-order valence-corrected chi connectivity index (χ2v) is 4.91. The van der Waals surface area contributed by atoms with Crippen molar-refractivity contribution in [1.29, 1.82) is 5.26 Å². The third kappa shape index (κ3) is 2.84. The number of hydrogen-bond donors (Lipinski definition) is 1. The van der Waals surface area contributed by atoms with Crippen molar-refractivity contribution in [3.8, 4) is 11.8 Å². The SMILES string of the molecule is COc1ccc2cc(CNc3ncccc3C#N)ccc2c1. The molecular formula is C18H15N3O. The average molecular weight is 289 g/mol. The molecule has 4 heteroatoms. The van der Waals surface area contributed by atoms with E-state index in [0.29, 0.717) is 17.9 Å². The van der Waals surface area contributed by atoms with Crippen LogP contribution in [0.3, 0.4) is 0 Å². The molecule has 0 aliphatic heterocycles. The number of aromatic nitrogens is 1. The molecule has 1 N–H and O–H groups in total. The van der Waals surface area contributed by atoms with Crippen LogP contribution in [0.4, 0.5) is 5.82 Å². The Hall–Kier alpha value is -3.06. The number of ether oxygens (including phenoxy) is 1. The van der Waals surface area contributed by atoms with Crippen molar-refractivity contribution < 1.29 is 4.74 Å². The van der Waals surface area contributed by atoms with E-state index < -0.39 is 0 Å². The van der Waals surface area contributed by atoms with Gasteiger partial charge in [-0.05, 0) is 46.7 Å². The van der Waals surface area contributed by atoms with Crippen LogP contribution in [0.1, 0.15) is 11.1 Å². The fraction of sp³-hybridized carbons (Fsp3) is 0.111. The molecule has 108 valence electrons. The number of rotatable bonds is 4. The molecule has 0 aliphatic rings. The molecular weight excluding hydrogens is 274 g/mol. The van der Waals surface area contributed by atoms with Crippen LogP contribution in [0, 0.1) is 11.3 Å². The summed E-state index contributed by atoms with van der Waals surface area (Å²) in [5, 5.41) is 14.6. The Morgan fingerprint density at radius 2 is 1.95 bits per heavy atom. The first kappa shape index (κ1) is 13.9. The summed E-state index contributed by atoms with van der Waals surface area (Å²) < 4.78 is 5.23. The molecule has 1 aromatic heterocycles. The van der Waals surface area contributed by atoms with E-state index in [-0.39, 0.29) is 0 Å². The quantitative estimate of drug-likeness (QED) is 0.795. The predicted octanol–water partition coefficient (Wildman–Crippen LogP) is 3.73. The number of nitriles is 1. The zero-order chi connectivity index (χ0) is 15.4. The topological polar surface area (TPSA) is 57.9 Å². The van der Waals surface area contributed by atoms with Gasteiger partial charge in [0.15, 0.2) is 0 Å². The maximum absolute atomic E-state index is 9.06. The largest absolute Gasteiger partial charge is 0.497 e. The summed E-state index contributed by atoms with van der Waals surface area (Å²) in [6.45, 7) is 0.619. The van der Waals surface area contributed by atoms with Crippen LogP contribution in [0.15, 0.2) is 54.7 Å². The van der Waals surface area contributed by atoms with Gasteiger partial charge in [0.05, 0.1) is 12.7 Å². The molecule has 22 heavy (non-hydrogen) atoms. The number of fused-ring (bicyclic) bond motifs is 1. The molecule has 0 atom stereocenters. The lowest BCUT2D eigenvalue weighted by atomic mass is 10.1. The van der Waals surface area contributed by atoms with E-state index in [1.807, 2.05) is 18.2 Å². The normalized spacial score (nSPS) is 10.2. The summed E-state index contributed by atoms with van der Waals surface area (Å²) in [6, 6.07) is 17.9. The fourth-order valence-corrected chi connectivity index (χ4v) is 2.33. The van der Waals surface area contributed by atoms with Gasteiger partial charge in [-0.15, -0.1) is 0 Å². The highest BCUT2D eigenvalue weighted by atomic mass is 16.5. The molecule has 3 aromatic rings. The number of nitrogens with one attached hydrogen (secondary N) is 1. The van der Waals surface area contributed by atoms with Crippen LogP contribution in [0.2, 0.25) is 0 Å². The van der Waals surface area contributed by atoms with Crippen molar-refractivity contribution >= 4 is 16.6 Å². The molecule has 2 aromatic carbocycles. The smallest absolute Gasteiger partial charge is 0.144 e. The van der Waals surface area contributed by atoms with Crippen molar-refractivity contribution in [2.75, 3.05) is 12.4 Å². The zero-order valence-electron chi connectivity index (χ0n) is 12.2. The van der Waals surface area contributed by atoms with E-state index in [1.165, 1.54) is 0 Å². The van der Waals surface area contributed by atoms with Gasteiger partial charge in [-0.2, -0.15) is 5.26 Å². The van der Waals surface area contributed by atoms with Gasteiger partial charge in [0.2, 0.25) is 0 Å². The number of benzene rings is 2. The molecule has 0 spiro atoms. The van der Waals surface area contributed by atoms with Crippen LogP contribution >= 0.6 is 0 Å². The Labute approximate surface area is 129 Å². The predicted molar refractivity (Wildman–Crippen MR) is 86.8 cm³/mol. The van der Waals surface area contributed by atoms with Crippen LogP contribution < -0.4 is 10.1 Å². The highest BCUT2D eigenvalue weighted by Crippen LogP contribution is 2.22. The van der Waals surface area contributed by atoms with Crippen molar-refractivity contribution in [3.05, 3.63) is 65.9 Å². The first-order valence-corrected chi connectivity index (χ1v) is 6.96. The summed E-state index contributed by atoms with van der Waals surface area (Å²) in [7, 11) is 1.67. The molecule has 1 heterocycles. The highest BCUT2D eigenvalue weighted by Gasteiger charge is 2.03.